The average Bonchev–Trinajstić information content (AvgIpc) is 3.32. The number of fused-ring (bicyclic) bond motifs is 1. The van der Waals surface area contributed by atoms with Crippen LogP contribution in [0, 0.1) is 23.1 Å². The zero-order valence-corrected chi connectivity index (χ0v) is 18.9. The Morgan fingerprint density at radius 1 is 1.09 bits per heavy atom. The molecule has 5 rings (SSSR count). The third kappa shape index (κ3) is 4.02. The number of nitriles is 1. The lowest BCUT2D eigenvalue weighted by atomic mass is 9.72. The molecular formula is C29H22FN3O2. The predicted octanol–water partition coefficient (Wildman–Crippen LogP) is 6.42. The Labute approximate surface area is 202 Å². The maximum Gasteiger partial charge on any atom is 0.335 e. The van der Waals surface area contributed by atoms with E-state index in [0.717, 1.165) is 36.4 Å². The van der Waals surface area contributed by atoms with Gasteiger partial charge in [0.2, 0.25) is 0 Å². The lowest BCUT2D eigenvalue weighted by Gasteiger charge is -2.32. The highest BCUT2D eigenvalue weighted by atomic mass is 19.1. The first-order valence-electron chi connectivity index (χ1n) is 11.4. The third-order valence-electron chi connectivity index (χ3n) is 6.49. The summed E-state index contributed by atoms with van der Waals surface area (Å²) >= 11 is 0. The monoisotopic (exact) mass is 463 g/mol. The van der Waals surface area contributed by atoms with E-state index in [4.69, 9.17) is 4.74 Å². The second kappa shape index (κ2) is 9.40. The van der Waals surface area contributed by atoms with Crippen LogP contribution in [0.2, 0.25) is 0 Å². The van der Waals surface area contributed by atoms with E-state index in [0.29, 0.717) is 39.0 Å². The molecule has 1 fully saturated rings. The molecule has 0 unspecified atom stereocenters. The number of nitrogens with one attached hydrogen (secondary N) is 1. The van der Waals surface area contributed by atoms with E-state index in [2.05, 4.69) is 22.8 Å². The predicted molar refractivity (Wildman–Crippen MR) is 133 cm³/mol. The Bertz CT molecular complexity index is 1520. The van der Waals surface area contributed by atoms with Gasteiger partial charge in [-0.15, -0.1) is 0 Å². The van der Waals surface area contributed by atoms with E-state index in [9.17, 15) is 10.1 Å². The SMILES string of the molecule is C=CC(=O)Oc1ccccc1/C(=C(\c1ccccc1F)C1CCC1)c1ccc2[nH]ncc2c1C#N. The van der Waals surface area contributed by atoms with Crippen LogP contribution in [0.5, 0.6) is 5.75 Å². The van der Waals surface area contributed by atoms with Crippen LogP contribution in [0.15, 0.2) is 79.5 Å². The van der Waals surface area contributed by atoms with Crippen LogP contribution in [0.3, 0.4) is 0 Å². The Kier molecular flexibility index (Phi) is 5.99. The van der Waals surface area contributed by atoms with E-state index in [-0.39, 0.29) is 11.7 Å². The molecule has 0 saturated heterocycles. The van der Waals surface area contributed by atoms with E-state index in [1.54, 1.807) is 30.5 Å². The molecule has 6 heteroatoms. The number of H-pyrrole nitrogens is 1. The minimum atomic E-state index is -0.598. The summed E-state index contributed by atoms with van der Waals surface area (Å²) in [6, 6.07) is 19.8. The summed E-state index contributed by atoms with van der Waals surface area (Å²) < 4.78 is 20.9. The summed E-state index contributed by atoms with van der Waals surface area (Å²) in [6.07, 6.45) is 5.55. The topological polar surface area (TPSA) is 78.8 Å². The van der Waals surface area contributed by atoms with E-state index in [1.165, 1.54) is 6.07 Å². The fraction of sp³-hybridized carbons (Fsp3) is 0.138. The molecule has 0 spiro atoms. The molecule has 172 valence electrons. The minimum Gasteiger partial charge on any atom is -0.423 e. The second-order valence-corrected chi connectivity index (χ2v) is 8.45. The number of hydrogen-bond donors (Lipinski definition) is 1. The van der Waals surface area contributed by atoms with Gasteiger partial charge < -0.3 is 4.74 Å². The number of nitrogens with zero attached hydrogens (tertiary/aromatic N) is 2. The van der Waals surface area contributed by atoms with Gasteiger partial charge in [0.15, 0.2) is 0 Å². The van der Waals surface area contributed by atoms with Crippen molar-refractivity contribution in [2.75, 3.05) is 0 Å². The number of carbonyl (C=O) groups excluding carboxylic acids is 1. The highest BCUT2D eigenvalue weighted by Gasteiger charge is 2.31. The number of carbonyl (C=O) groups is 1. The number of aromatic nitrogens is 2. The molecule has 3 aromatic carbocycles. The zero-order valence-electron chi connectivity index (χ0n) is 18.9. The van der Waals surface area contributed by atoms with E-state index >= 15 is 4.39 Å². The molecule has 0 bridgehead atoms. The first-order chi connectivity index (χ1) is 17.1. The third-order valence-corrected chi connectivity index (χ3v) is 6.49. The fourth-order valence-corrected chi connectivity index (χ4v) is 4.63. The molecule has 1 saturated carbocycles. The van der Waals surface area contributed by atoms with Crippen LogP contribution in [0.25, 0.3) is 22.0 Å². The number of hydrogen-bond acceptors (Lipinski definition) is 4. The minimum absolute atomic E-state index is 0.0941. The highest BCUT2D eigenvalue weighted by molar-refractivity contribution is 6.05. The fourth-order valence-electron chi connectivity index (χ4n) is 4.63. The quantitative estimate of drug-likeness (QED) is 0.155. The van der Waals surface area contributed by atoms with E-state index < -0.39 is 5.97 Å². The Balaban J connectivity index is 1.91. The molecule has 1 aliphatic rings. The van der Waals surface area contributed by atoms with Crippen molar-refractivity contribution in [3.05, 3.63) is 108 Å². The maximum absolute atomic E-state index is 15.3. The molecule has 1 heterocycles. The number of allylic oxidation sites excluding steroid dienone is 1. The maximum atomic E-state index is 15.3. The molecule has 0 radical (unpaired) electrons. The number of benzene rings is 3. The molecular weight excluding hydrogens is 441 g/mol. The lowest BCUT2D eigenvalue weighted by molar-refractivity contribution is -0.128. The smallest absolute Gasteiger partial charge is 0.335 e. The molecule has 0 aliphatic heterocycles. The van der Waals surface area contributed by atoms with Crippen molar-refractivity contribution >= 4 is 28.0 Å². The molecule has 0 amide bonds. The van der Waals surface area contributed by atoms with Gasteiger partial charge in [0.05, 0.1) is 17.3 Å². The summed E-state index contributed by atoms with van der Waals surface area (Å²) in [4.78, 5) is 12.2. The number of esters is 1. The lowest BCUT2D eigenvalue weighted by Crippen LogP contribution is -2.17. The van der Waals surface area contributed by atoms with Crippen LogP contribution in [0.4, 0.5) is 4.39 Å². The zero-order chi connectivity index (χ0) is 24.4. The van der Waals surface area contributed by atoms with Crippen LogP contribution >= 0.6 is 0 Å². The molecule has 5 nitrogen and oxygen atoms in total. The summed E-state index contributed by atoms with van der Waals surface area (Å²) in [5.74, 6) is -0.526. The van der Waals surface area contributed by atoms with Gasteiger partial charge in [-0.3, -0.25) is 5.10 Å². The standard InChI is InChI=1S/C29H22FN3O2/c1-2-27(34)35-26-13-6-4-11-21(26)29(19-14-15-25-23(17-32-33-25)22(19)16-31)28(18-8-7-9-18)20-10-3-5-12-24(20)30/h2-6,10-15,17-18H,1,7-9H2,(H,32,33)/b29-28-. The van der Waals surface area contributed by atoms with Gasteiger partial charge in [0.25, 0.3) is 0 Å². The normalized spacial score (nSPS) is 14.1. The molecule has 1 N–H and O–H groups in total. The van der Waals surface area contributed by atoms with Gasteiger partial charge in [-0.1, -0.05) is 55.5 Å². The number of rotatable bonds is 6. The van der Waals surface area contributed by atoms with Gasteiger partial charge in [-0.2, -0.15) is 10.4 Å². The Morgan fingerprint density at radius 3 is 2.51 bits per heavy atom. The number of para-hydroxylation sites is 1. The van der Waals surface area contributed by atoms with Crippen molar-refractivity contribution in [1.82, 2.24) is 10.2 Å². The van der Waals surface area contributed by atoms with Gasteiger partial charge in [0.1, 0.15) is 17.6 Å². The number of aromatic amines is 1. The summed E-state index contributed by atoms with van der Waals surface area (Å²) in [5.41, 5.74) is 4.34. The van der Waals surface area contributed by atoms with Gasteiger partial charge in [0, 0.05) is 28.2 Å². The van der Waals surface area contributed by atoms with Crippen LogP contribution in [-0.2, 0) is 4.79 Å². The molecule has 1 aliphatic carbocycles. The molecule has 1 aromatic heterocycles. The first kappa shape index (κ1) is 22.3. The average molecular weight is 464 g/mol. The van der Waals surface area contributed by atoms with Crippen LogP contribution < -0.4 is 4.74 Å². The van der Waals surface area contributed by atoms with Crippen LogP contribution in [-0.4, -0.2) is 16.2 Å². The highest BCUT2D eigenvalue weighted by Crippen LogP contribution is 2.48. The van der Waals surface area contributed by atoms with Gasteiger partial charge >= 0.3 is 5.97 Å². The second-order valence-electron chi connectivity index (χ2n) is 8.45. The van der Waals surface area contributed by atoms with E-state index in [1.807, 2.05) is 30.3 Å². The van der Waals surface area contributed by atoms with Crippen molar-refractivity contribution in [1.29, 1.82) is 5.26 Å². The Hall–Kier alpha value is -4.50. The summed E-state index contributed by atoms with van der Waals surface area (Å²) in [5, 5.41) is 17.9. The van der Waals surface area contributed by atoms with Crippen molar-refractivity contribution < 1.29 is 13.9 Å². The van der Waals surface area contributed by atoms with Crippen molar-refractivity contribution in [2.45, 2.75) is 19.3 Å². The molecule has 0 atom stereocenters. The largest absolute Gasteiger partial charge is 0.423 e. The summed E-state index contributed by atoms with van der Waals surface area (Å²) in [7, 11) is 0. The van der Waals surface area contributed by atoms with Crippen LogP contribution in [0.1, 0.15) is 41.5 Å². The van der Waals surface area contributed by atoms with Gasteiger partial charge in [-0.05, 0) is 48.1 Å². The Morgan fingerprint density at radius 2 is 1.83 bits per heavy atom. The van der Waals surface area contributed by atoms with Crippen molar-refractivity contribution in [2.24, 2.45) is 5.92 Å². The number of halogens is 1. The molecule has 35 heavy (non-hydrogen) atoms. The van der Waals surface area contributed by atoms with Gasteiger partial charge in [-0.25, -0.2) is 9.18 Å². The number of ether oxygens (including phenoxy) is 1. The molecule has 4 aromatic rings. The first-order valence-corrected chi connectivity index (χ1v) is 11.4. The van der Waals surface area contributed by atoms with Crippen molar-refractivity contribution in [3.8, 4) is 11.8 Å². The van der Waals surface area contributed by atoms with Crippen molar-refractivity contribution in [3.63, 3.8) is 0 Å². The summed E-state index contributed by atoms with van der Waals surface area (Å²) in [6.45, 7) is 3.50.